The van der Waals surface area contributed by atoms with E-state index in [2.05, 4.69) is 9.97 Å². The highest BCUT2D eigenvalue weighted by molar-refractivity contribution is 7.90. The maximum absolute atomic E-state index is 15.2. The van der Waals surface area contributed by atoms with Crippen LogP contribution in [-0.4, -0.2) is 29.9 Å². The number of nitrogens with zero attached hydrogens (tertiary/aromatic N) is 1. The lowest BCUT2D eigenvalue weighted by molar-refractivity contribution is 0.103. The summed E-state index contributed by atoms with van der Waals surface area (Å²) in [5.74, 6) is -3.87. The van der Waals surface area contributed by atoms with Crippen molar-refractivity contribution in [2.24, 2.45) is 0 Å². The Balaban J connectivity index is 1.78. The number of hydrogen-bond donors (Lipinski definition) is 1. The van der Waals surface area contributed by atoms with Crippen LogP contribution in [-0.2, 0) is 15.6 Å². The first-order chi connectivity index (χ1) is 15.7. The number of hydrogen-bond acceptors (Lipinski definition) is 4. The van der Waals surface area contributed by atoms with E-state index in [4.69, 9.17) is 11.6 Å². The van der Waals surface area contributed by atoms with Crippen LogP contribution in [0.1, 0.15) is 34.8 Å². The van der Waals surface area contributed by atoms with Crippen LogP contribution >= 0.6 is 11.6 Å². The Bertz CT molecular complexity index is 1470. The fourth-order valence-electron chi connectivity index (χ4n) is 3.66. The first-order valence-corrected chi connectivity index (χ1v) is 12.3. The third kappa shape index (κ3) is 4.67. The van der Waals surface area contributed by atoms with E-state index in [1.165, 1.54) is 6.20 Å². The van der Waals surface area contributed by atoms with E-state index in [9.17, 15) is 17.6 Å². The number of halogens is 3. The van der Waals surface area contributed by atoms with Gasteiger partial charge in [-0.05, 0) is 36.2 Å². The van der Waals surface area contributed by atoms with E-state index in [0.29, 0.717) is 28.0 Å². The third-order valence-electron chi connectivity index (χ3n) is 5.24. The van der Waals surface area contributed by atoms with Gasteiger partial charge in [0, 0.05) is 39.5 Å². The third-order valence-corrected chi connectivity index (χ3v) is 7.28. The van der Waals surface area contributed by atoms with E-state index in [0.717, 1.165) is 17.7 Å². The van der Waals surface area contributed by atoms with Gasteiger partial charge >= 0.3 is 0 Å². The van der Waals surface area contributed by atoms with Crippen LogP contribution in [0.4, 0.5) is 8.78 Å². The summed E-state index contributed by atoms with van der Waals surface area (Å²) in [5, 5.41) is 0.951. The molecule has 2 heterocycles. The van der Waals surface area contributed by atoms with Gasteiger partial charge < -0.3 is 4.98 Å². The lowest BCUT2D eigenvalue weighted by Gasteiger charge is -2.10. The summed E-state index contributed by atoms with van der Waals surface area (Å²) in [4.78, 5) is 20.3. The van der Waals surface area contributed by atoms with Crippen molar-refractivity contribution in [3.63, 3.8) is 0 Å². The summed E-state index contributed by atoms with van der Waals surface area (Å²) in [7, 11) is -3.59. The minimum Gasteiger partial charge on any atom is -0.345 e. The van der Waals surface area contributed by atoms with Crippen LogP contribution in [0.15, 0.2) is 54.9 Å². The Kier molecular flexibility index (Phi) is 6.32. The van der Waals surface area contributed by atoms with Crippen LogP contribution < -0.4 is 0 Å². The molecule has 5 nitrogen and oxygen atoms in total. The van der Waals surface area contributed by atoms with Gasteiger partial charge in [0.1, 0.15) is 17.3 Å². The zero-order chi connectivity index (χ0) is 23.8. The summed E-state index contributed by atoms with van der Waals surface area (Å²) in [6.45, 7) is 1.69. The van der Waals surface area contributed by atoms with Crippen LogP contribution in [0.2, 0.25) is 5.02 Å². The van der Waals surface area contributed by atoms with Crippen LogP contribution in [0.3, 0.4) is 0 Å². The van der Waals surface area contributed by atoms with Gasteiger partial charge in [-0.3, -0.25) is 4.79 Å². The molecule has 0 bridgehead atoms. The SMILES string of the molecule is CCCS(=O)(=O)Cc1ccc(F)c(C(=O)c2c[nH]c3ncc(-c4ccc(Cl)cc4)cc23)c1F. The number of aromatic amines is 1. The molecule has 0 amide bonds. The van der Waals surface area contributed by atoms with Crippen molar-refractivity contribution < 1.29 is 22.0 Å². The number of aromatic nitrogens is 2. The number of sulfone groups is 1. The normalized spacial score (nSPS) is 11.8. The number of fused-ring (bicyclic) bond motifs is 1. The average molecular weight is 489 g/mol. The molecule has 2 aromatic heterocycles. The maximum atomic E-state index is 15.2. The first kappa shape index (κ1) is 23.1. The minimum atomic E-state index is -3.59. The second-order valence-electron chi connectivity index (χ2n) is 7.65. The Hall–Kier alpha value is -3.10. The molecule has 0 saturated heterocycles. The number of rotatable bonds is 7. The van der Waals surface area contributed by atoms with Crippen molar-refractivity contribution in [1.29, 1.82) is 0 Å². The van der Waals surface area contributed by atoms with Gasteiger partial charge in [-0.1, -0.05) is 36.7 Å². The molecule has 0 aliphatic rings. The Morgan fingerprint density at radius 3 is 2.52 bits per heavy atom. The lowest BCUT2D eigenvalue weighted by Crippen LogP contribution is -2.14. The quantitative estimate of drug-likeness (QED) is 0.337. The summed E-state index contributed by atoms with van der Waals surface area (Å²) < 4.78 is 54.0. The van der Waals surface area contributed by atoms with Crippen LogP contribution in [0.5, 0.6) is 0 Å². The number of pyridine rings is 1. The number of benzene rings is 2. The minimum absolute atomic E-state index is 0.0275. The highest BCUT2D eigenvalue weighted by Gasteiger charge is 2.26. The predicted octanol–water partition coefficient (Wildman–Crippen LogP) is 5.72. The maximum Gasteiger partial charge on any atom is 0.201 e. The molecular weight excluding hydrogens is 470 g/mol. The van der Waals surface area contributed by atoms with Crippen molar-refractivity contribution in [2.45, 2.75) is 19.1 Å². The summed E-state index contributed by atoms with van der Waals surface area (Å²) in [6, 6.07) is 10.7. The standard InChI is InChI=1S/C24H19ClF2N2O3S/c1-2-9-33(31,32)13-15-5-8-20(26)21(22(15)27)23(30)19-12-29-24-18(19)10-16(11-28-24)14-3-6-17(25)7-4-14/h3-8,10-12H,2,9,13H2,1H3,(H,28,29). The molecule has 1 N–H and O–H groups in total. The van der Waals surface area contributed by atoms with Gasteiger partial charge in [-0.25, -0.2) is 22.2 Å². The monoisotopic (exact) mass is 488 g/mol. The molecule has 4 rings (SSSR count). The molecule has 0 saturated carbocycles. The molecular formula is C24H19ClF2N2O3S. The van der Waals surface area contributed by atoms with Gasteiger partial charge in [0.05, 0.1) is 17.1 Å². The summed E-state index contributed by atoms with van der Waals surface area (Å²) >= 11 is 5.94. The largest absolute Gasteiger partial charge is 0.345 e. The van der Waals surface area contributed by atoms with Gasteiger partial charge in [0.15, 0.2) is 9.84 Å². The second kappa shape index (κ2) is 9.03. The summed E-state index contributed by atoms with van der Waals surface area (Å²) in [5.41, 5.74) is 0.852. The van der Waals surface area contributed by atoms with Crippen molar-refractivity contribution >= 4 is 38.3 Å². The van der Waals surface area contributed by atoms with E-state index < -0.39 is 38.6 Å². The van der Waals surface area contributed by atoms with Crippen molar-refractivity contribution in [3.8, 4) is 11.1 Å². The highest BCUT2D eigenvalue weighted by atomic mass is 35.5. The second-order valence-corrected chi connectivity index (χ2v) is 10.3. The molecule has 0 unspecified atom stereocenters. The average Bonchev–Trinajstić information content (AvgIpc) is 3.19. The predicted molar refractivity (Wildman–Crippen MR) is 124 cm³/mol. The molecule has 0 aliphatic carbocycles. The Morgan fingerprint density at radius 2 is 1.82 bits per heavy atom. The molecule has 2 aromatic carbocycles. The molecule has 0 aliphatic heterocycles. The van der Waals surface area contributed by atoms with Crippen molar-refractivity contribution in [2.75, 3.05) is 5.75 Å². The Labute approximate surface area is 194 Å². The van der Waals surface area contributed by atoms with Crippen molar-refractivity contribution in [3.05, 3.63) is 88.2 Å². The summed E-state index contributed by atoms with van der Waals surface area (Å²) in [6.07, 6.45) is 3.32. The molecule has 0 atom stereocenters. The number of ketones is 1. The molecule has 33 heavy (non-hydrogen) atoms. The molecule has 170 valence electrons. The van der Waals surface area contributed by atoms with Crippen LogP contribution in [0.25, 0.3) is 22.2 Å². The van der Waals surface area contributed by atoms with E-state index in [-0.39, 0.29) is 16.9 Å². The van der Waals surface area contributed by atoms with E-state index in [1.54, 1.807) is 43.5 Å². The smallest absolute Gasteiger partial charge is 0.201 e. The number of carbonyl (C=O) groups is 1. The zero-order valence-corrected chi connectivity index (χ0v) is 19.1. The number of H-pyrrole nitrogens is 1. The topological polar surface area (TPSA) is 79.9 Å². The van der Waals surface area contributed by atoms with Gasteiger partial charge in [0.2, 0.25) is 5.78 Å². The Morgan fingerprint density at radius 1 is 1.09 bits per heavy atom. The molecule has 9 heteroatoms. The van der Waals surface area contributed by atoms with Gasteiger partial charge in [-0.2, -0.15) is 0 Å². The van der Waals surface area contributed by atoms with Gasteiger partial charge in [-0.15, -0.1) is 0 Å². The molecule has 0 radical (unpaired) electrons. The lowest BCUT2D eigenvalue weighted by atomic mass is 9.99. The fourth-order valence-corrected chi connectivity index (χ4v) is 5.25. The van der Waals surface area contributed by atoms with Crippen molar-refractivity contribution in [1.82, 2.24) is 9.97 Å². The number of nitrogens with one attached hydrogen (secondary N) is 1. The van der Waals surface area contributed by atoms with Crippen LogP contribution in [0, 0.1) is 11.6 Å². The van der Waals surface area contributed by atoms with E-state index >= 15 is 4.39 Å². The molecule has 0 spiro atoms. The van der Waals surface area contributed by atoms with E-state index in [1.807, 2.05) is 0 Å². The first-order valence-electron chi connectivity index (χ1n) is 10.1. The molecule has 0 fully saturated rings. The highest BCUT2D eigenvalue weighted by Crippen LogP contribution is 2.29. The zero-order valence-electron chi connectivity index (χ0n) is 17.5. The molecule has 4 aromatic rings. The fraction of sp³-hybridized carbons (Fsp3) is 0.167. The number of carbonyl (C=O) groups excluding carboxylic acids is 1. The van der Waals surface area contributed by atoms with Gasteiger partial charge in [0.25, 0.3) is 0 Å².